The van der Waals surface area contributed by atoms with Gasteiger partial charge in [-0.1, -0.05) is 30.3 Å². The predicted molar refractivity (Wildman–Crippen MR) is 67.4 cm³/mol. The summed E-state index contributed by atoms with van der Waals surface area (Å²) in [5.74, 6) is 0.773. The Labute approximate surface area is 103 Å². The zero-order valence-electron chi connectivity index (χ0n) is 8.98. The zero-order chi connectivity index (χ0) is 11.4. The average Bonchev–Trinajstić information content (AvgIpc) is 2.29. The molecular weight excluding hydrogens is 266 g/mol. The monoisotopic (exact) mass is 277 g/mol. The molecule has 0 radical (unpaired) electrons. The number of halogens is 1. The van der Waals surface area contributed by atoms with Crippen LogP contribution < -0.4 is 4.74 Å². The van der Waals surface area contributed by atoms with Crippen molar-refractivity contribution in [1.29, 1.82) is 0 Å². The van der Waals surface area contributed by atoms with E-state index in [1.54, 1.807) is 6.20 Å². The number of hydrogen-bond acceptors (Lipinski definition) is 2. The van der Waals surface area contributed by atoms with Crippen LogP contribution in [0.2, 0.25) is 0 Å². The molecular formula is C13H12BrNO. The number of nitrogens with zero attached hydrogens (tertiary/aromatic N) is 1. The van der Waals surface area contributed by atoms with E-state index in [-0.39, 0.29) is 0 Å². The van der Waals surface area contributed by atoms with Gasteiger partial charge < -0.3 is 4.74 Å². The van der Waals surface area contributed by atoms with Crippen LogP contribution in [0.1, 0.15) is 11.3 Å². The summed E-state index contributed by atoms with van der Waals surface area (Å²) in [4.78, 5) is 4.20. The number of benzene rings is 1. The minimum Gasteiger partial charge on any atom is -0.486 e. The highest BCUT2D eigenvalue weighted by atomic mass is 79.9. The second-order valence-electron chi connectivity index (χ2n) is 3.53. The summed E-state index contributed by atoms with van der Waals surface area (Å²) in [7, 11) is 0. The van der Waals surface area contributed by atoms with Gasteiger partial charge in [-0.3, -0.25) is 4.98 Å². The maximum absolute atomic E-state index is 5.67. The summed E-state index contributed by atoms with van der Waals surface area (Å²) in [5, 5.41) is 0. The molecule has 16 heavy (non-hydrogen) atoms. The summed E-state index contributed by atoms with van der Waals surface area (Å²) in [6, 6.07) is 12.0. The van der Waals surface area contributed by atoms with Gasteiger partial charge in [0, 0.05) is 5.69 Å². The van der Waals surface area contributed by atoms with Gasteiger partial charge in [-0.25, -0.2) is 0 Å². The van der Waals surface area contributed by atoms with E-state index in [2.05, 4.69) is 20.9 Å². The van der Waals surface area contributed by atoms with Gasteiger partial charge in [-0.05, 0) is 34.5 Å². The Bertz CT molecular complexity index is 471. The van der Waals surface area contributed by atoms with E-state index in [0.29, 0.717) is 6.61 Å². The van der Waals surface area contributed by atoms with E-state index in [0.717, 1.165) is 21.5 Å². The largest absolute Gasteiger partial charge is 0.486 e. The quantitative estimate of drug-likeness (QED) is 0.853. The van der Waals surface area contributed by atoms with Crippen molar-refractivity contribution < 1.29 is 4.74 Å². The number of rotatable bonds is 3. The molecule has 2 aromatic rings. The predicted octanol–water partition coefficient (Wildman–Crippen LogP) is 3.73. The maximum atomic E-state index is 5.67. The molecule has 0 atom stereocenters. The van der Waals surface area contributed by atoms with E-state index in [1.165, 1.54) is 0 Å². The first-order valence-electron chi connectivity index (χ1n) is 5.04. The number of ether oxygens (including phenoxy) is 1. The molecule has 0 aliphatic carbocycles. The first-order valence-corrected chi connectivity index (χ1v) is 5.84. The van der Waals surface area contributed by atoms with Crippen LogP contribution in [0.3, 0.4) is 0 Å². The smallest absolute Gasteiger partial charge is 0.152 e. The highest BCUT2D eigenvalue weighted by Crippen LogP contribution is 2.24. The van der Waals surface area contributed by atoms with Crippen molar-refractivity contribution >= 4 is 15.9 Å². The maximum Gasteiger partial charge on any atom is 0.152 e. The summed E-state index contributed by atoms with van der Waals surface area (Å²) in [6.45, 7) is 2.51. The Morgan fingerprint density at radius 2 is 2.00 bits per heavy atom. The lowest BCUT2D eigenvalue weighted by Gasteiger charge is -2.08. The van der Waals surface area contributed by atoms with Gasteiger partial charge in [-0.2, -0.15) is 0 Å². The van der Waals surface area contributed by atoms with Crippen molar-refractivity contribution in [3.8, 4) is 5.75 Å². The molecule has 1 heterocycles. The normalized spacial score (nSPS) is 10.1. The molecule has 0 saturated heterocycles. The first kappa shape index (κ1) is 11.1. The Balaban J connectivity index is 2.05. The van der Waals surface area contributed by atoms with Gasteiger partial charge in [0.15, 0.2) is 5.75 Å². The first-order chi connectivity index (χ1) is 7.75. The van der Waals surface area contributed by atoms with Crippen molar-refractivity contribution in [2.75, 3.05) is 0 Å². The lowest BCUT2D eigenvalue weighted by Crippen LogP contribution is -1.96. The van der Waals surface area contributed by atoms with Crippen molar-refractivity contribution in [3.63, 3.8) is 0 Å². The van der Waals surface area contributed by atoms with Crippen molar-refractivity contribution in [3.05, 3.63) is 58.3 Å². The molecule has 0 fully saturated rings. The Morgan fingerprint density at radius 3 is 2.69 bits per heavy atom. The Morgan fingerprint density at radius 1 is 1.25 bits per heavy atom. The summed E-state index contributed by atoms with van der Waals surface area (Å²) < 4.78 is 6.61. The second-order valence-corrected chi connectivity index (χ2v) is 4.38. The number of hydrogen-bond donors (Lipinski definition) is 0. The van der Waals surface area contributed by atoms with E-state index in [9.17, 15) is 0 Å². The number of aryl methyl sites for hydroxylation is 1. The average molecular weight is 278 g/mol. The molecule has 0 N–H and O–H groups in total. The van der Waals surface area contributed by atoms with Crippen LogP contribution in [-0.2, 0) is 6.61 Å². The van der Waals surface area contributed by atoms with E-state index in [4.69, 9.17) is 4.74 Å². The van der Waals surface area contributed by atoms with Gasteiger partial charge in [0.05, 0.1) is 10.7 Å². The molecule has 2 rings (SSSR count). The summed E-state index contributed by atoms with van der Waals surface area (Å²) in [5.41, 5.74) is 2.12. The summed E-state index contributed by atoms with van der Waals surface area (Å²) in [6.07, 6.45) is 1.74. The van der Waals surface area contributed by atoms with E-state index < -0.39 is 0 Å². The van der Waals surface area contributed by atoms with Crippen LogP contribution in [0.4, 0.5) is 0 Å². The molecule has 0 aliphatic heterocycles. The Hall–Kier alpha value is -1.35. The third-order valence-corrected chi connectivity index (χ3v) is 2.81. The molecule has 0 saturated carbocycles. The highest BCUT2D eigenvalue weighted by Gasteiger charge is 2.02. The van der Waals surface area contributed by atoms with Gasteiger partial charge in [0.2, 0.25) is 0 Å². The van der Waals surface area contributed by atoms with Gasteiger partial charge in [-0.15, -0.1) is 0 Å². The molecule has 0 bridgehead atoms. The molecule has 0 amide bonds. The highest BCUT2D eigenvalue weighted by molar-refractivity contribution is 9.10. The molecule has 0 unspecified atom stereocenters. The molecule has 0 spiro atoms. The van der Waals surface area contributed by atoms with Crippen LogP contribution in [0.15, 0.2) is 47.1 Å². The van der Waals surface area contributed by atoms with Gasteiger partial charge in [0.25, 0.3) is 0 Å². The second kappa shape index (κ2) is 5.12. The zero-order valence-corrected chi connectivity index (χ0v) is 10.6. The topological polar surface area (TPSA) is 22.1 Å². The van der Waals surface area contributed by atoms with Gasteiger partial charge >= 0.3 is 0 Å². The molecule has 0 aliphatic rings. The lowest BCUT2D eigenvalue weighted by molar-refractivity contribution is 0.303. The van der Waals surface area contributed by atoms with Crippen molar-refractivity contribution in [2.45, 2.75) is 13.5 Å². The van der Waals surface area contributed by atoms with Crippen LogP contribution in [-0.4, -0.2) is 4.98 Å². The molecule has 1 aromatic heterocycles. The molecule has 82 valence electrons. The van der Waals surface area contributed by atoms with Crippen LogP contribution in [0.25, 0.3) is 0 Å². The SMILES string of the molecule is Cc1cc(Br)c(OCc2ccccc2)cn1. The molecule has 3 heteroatoms. The Kier molecular flexibility index (Phi) is 3.57. The van der Waals surface area contributed by atoms with Crippen LogP contribution in [0, 0.1) is 6.92 Å². The fraction of sp³-hybridized carbons (Fsp3) is 0.154. The molecule has 2 nitrogen and oxygen atoms in total. The summed E-state index contributed by atoms with van der Waals surface area (Å²) >= 11 is 3.46. The lowest BCUT2D eigenvalue weighted by atomic mass is 10.2. The molecule has 1 aromatic carbocycles. The van der Waals surface area contributed by atoms with Crippen LogP contribution in [0.5, 0.6) is 5.75 Å². The number of pyridine rings is 1. The number of aromatic nitrogens is 1. The third-order valence-electron chi connectivity index (χ3n) is 2.19. The van der Waals surface area contributed by atoms with E-state index in [1.807, 2.05) is 43.3 Å². The van der Waals surface area contributed by atoms with Crippen LogP contribution >= 0.6 is 15.9 Å². The van der Waals surface area contributed by atoms with Crippen molar-refractivity contribution in [1.82, 2.24) is 4.98 Å². The fourth-order valence-corrected chi connectivity index (χ4v) is 1.90. The minimum absolute atomic E-state index is 0.560. The van der Waals surface area contributed by atoms with Gasteiger partial charge in [0.1, 0.15) is 6.61 Å². The standard InChI is InChI=1S/C13H12BrNO/c1-10-7-12(14)13(8-15-10)16-9-11-5-3-2-4-6-11/h2-8H,9H2,1H3. The minimum atomic E-state index is 0.560. The third kappa shape index (κ3) is 2.83. The van der Waals surface area contributed by atoms with Crippen molar-refractivity contribution in [2.24, 2.45) is 0 Å². The van der Waals surface area contributed by atoms with E-state index >= 15 is 0 Å². The fourth-order valence-electron chi connectivity index (χ4n) is 1.36.